The van der Waals surface area contributed by atoms with Crippen LogP contribution in [0, 0.1) is 5.92 Å². The van der Waals surface area contributed by atoms with E-state index in [2.05, 4.69) is 26.3 Å². The highest BCUT2D eigenvalue weighted by atomic mass is 79.9. The van der Waals surface area contributed by atoms with Crippen LogP contribution in [0.4, 0.5) is 5.82 Å². The number of halogens is 2. The van der Waals surface area contributed by atoms with Gasteiger partial charge in [-0.2, -0.15) is 9.61 Å². The third kappa shape index (κ3) is 4.98. The second kappa shape index (κ2) is 10.2. The molecule has 0 aliphatic carbocycles. The van der Waals surface area contributed by atoms with Gasteiger partial charge in [0.2, 0.25) is 12.7 Å². The number of ether oxygens (including phenoxy) is 2. The van der Waals surface area contributed by atoms with Crippen molar-refractivity contribution in [2.24, 2.45) is 5.92 Å². The standard InChI is InChI=1S/C27H25BrClN5O3/c28-20-15-31-34-25(13-22(32-27(20)34)19-3-1-2-4-21(19)29)30-14-17-7-9-33(10-8-17)26(35)12-18-5-6-23-24(11-18)37-16-36-23/h1-6,11,13,15,17,30H,7-10,12,14,16H2. The van der Waals surface area contributed by atoms with Gasteiger partial charge < -0.3 is 19.7 Å². The van der Waals surface area contributed by atoms with E-state index in [4.69, 9.17) is 26.1 Å². The third-order valence-electron chi connectivity index (χ3n) is 6.91. The molecule has 2 aromatic carbocycles. The zero-order valence-electron chi connectivity index (χ0n) is 20.0. The number of benzene rings is 2. The van der Waals surface area contributed by atoms with Crippen LogP contribution in [0.15, 0.2) is 59.2 Å². The Balaban J connectivity index is 1.09. The minimum Gasteiger partial charge on any atom is -0.454 e. The number of anilines is 1. The summed E-state index contributed by atoms with van der Waals surface area (Å²) in [7, 11) is 0. The number of amides is 1. The number of carbonyl (C=O) groups is 1. The van der Waals surface area contributed by atoms with Crippen molar-refractivity contribution in [3.63, 3.8) is 0 Å². The van der Waals surface area contributed by atoms with Gasteiger partial charge in [0.1, 0.15) is 5.82 Å². The molecular weight excluding hydrogens is 558 g/mol. The number of hydrogen-bond donors (Lipinski definition) is 1. The SMILES string of the molecule is O=C(Cc1ccc2c(c1)OCO2)N1CCC(CNc2cc(-c3ccccc3Cl)nc3c(Br)cnn23)CC1. The molecule has 4 heterocycles. The minimum atomic E-state index is 0.145. The number of hydrogen-bond acceptors (Lipinski definition) is 6. The average Bonchev–Trinajstić information content (AvgIpc) is 3.54. The van der Waals surface area contributed by atoms with Crippen molar-refractivity contribution in [2.75, 3.05) is 31.7 Å². The first-order valence-corrected chi connectivity index (χ1v) is 13.4. The maximum absolute atomic E-state index is 12.9. The van der Waals surface area contributed by atoms with Gasteiger partial charge in [0.15, 0.2) is 17.1 Å². The Hall–Kier alpha value is -3.30. The summed E-state index contributed by atoms with van der Waals surface area (Å²) in [6, 6.07) is 15.4. The first-order valence-electron chi connectivity index (χ1n) is 12.2. The van der Waals surface area contributed by atoms with Crippen LogP contribution >= 0.6 is 27.5 Å². The van der Waals surface area contributed by atoms with Crippen LogP contribution in [0.1, 0.15) is 18.4 Å². The maximum atomic E-state index is 12.9. The largest absolute Gasteiger partial charge is 0.454 e. The van der Waals surface area contributed by atoms with Crippen molar-refractivity contribution in [3.05, 3.63) is 69.8 Å². The molecule has 190 valence electrons. The van der Waals surface area contributed by atoms with Gasteiger partial charge in [0.05, 0.1) is 22.8 Å². The van der Waals surface area contributed by atoms with Gasteiger partial charge >= 0.3 is 0 Å². The zero-order chi connectivity index (χ0) is 25.4. The number of rotatable bonds is 6. The summed E-state index contributed by atoms with van der Waals surface area (Å²) < 4.78 is 13.4. The van der Waals surface area contributed by atoms with Crippen molar-refractivity contribution in [1.29, 1.82) is 0 Å². The lowest BCUT2D eigenvalue weighted by Gasteiger charge is -2.32. The molecular formula is C27H25BrClN5O3. The van der Waals surface area contributed by atoms with Crippen LogP contribution in [0.3, 0.4) is 0 Å². The van der Waals surface area contributed by atoms with Gasteiger partial charge in [0, 0.05) is 36.3 Å². The molecule has 2 aromatic heterocycles. The van der Waals surface area contributed by atoms with Gasteiger partial charge in [-0.05, 0) is 58.5 Å². The highest BCUT2D eigenvalue weighted by molar-refractivity contribution is 9.10. The van der Waals surface area contributed by atoms with Crippen LogP contribution < -0.4 is 14.8 Å². The topological polar surface area (TPSA) is 81.0 Å². The number of aromatic nitrogens is 3. The molecule has 4 aromatic rings. The number of likely N-dealkylation sites (tertiary alicyclic amines) is 1. The molecule has 8 nitrogen and oxygen atoms in total. The van der Waals surface area contributed by atoms with Gasteiger partial charge in [-0.3, -0.25) is 4.79 Å². The normalized spacial score (nSPS) is 15.4. The smallest absolute Gasteiger partial charge is 0.231 e. The fraction of sp³-hybridized carbons (Fsp3) is 0.296. The summed E-state index contributed by atoms with van der Waals surface area (Å²) in [5.74, 6) is 2.89. The summed E-state index contributed by atoms with van der Waals surface area (Å²) in [5.41, 5.74) is 3.33. The van der Waals surface area contributed by atoms with Crippen LogP contribution in [-0.4, -0.2) is 51.8 Å². The second-order valence-corrected chi connectivity index (χ2v) is 10.6. The Morgan fingerprint density at radius 1 is 1.11 bits per heavy atom. The quantitative estimate of drug-likeness (QED) is 0.326. The number of nitrogens with zero attached hydrogens (tertiary/aromatic N) is 4. The van der Waals surface area contributed by atoms with E-state index in [9.17, 15) is 4.79 Å². The molecule has 1 amide bonds. The van der Waals surface area contributed by atoms with E-state index >= 15 is 0 Å². The summed E-state index contributed by atoms with van der Waals surface area (Å²) in [6.07, 6.45) is 3.99. The Bertz CT molecular complexity index is 1470. The van der Waals surface area contributed by atoms with E-state index in [1.807, 2.05) is 53.4 Å². The molecule has 2 aliphatic heterocycles. The van der Waals surface area contributed by atoms with Gasteiger partial charge in [-0.1, -0.05) is 35.9 Å². The van der Waals surface area contributed by atoms with Crippen LogP contribution in [0.2, 0.25) is 5.02 Å². The first-order chi connectivity index (χ1) is 18.0. The fourth-order valence-electron chi connectivity index (χ4n) is 4.84. The van der Waals surface area contributed by atoms with Crippen molar-refractivity contribution in [1.82, 2.24) is 19.5 Å². The van der Waals surface area contributed by atoms with Crippen molar-refractivity contribution >= 4 is 44.9 Å². The second-order valence-electron chi connectivity index (χ2n) is 9.30. The molecule has 37 heavy (non-hydrogen) atoms. The maximum Gasteiger partial charge on any atom is 0.231 e. The summed E-state index contributed by atoms with van der Waals surface area (Å²) >= 11 is 10.0. The van der Waals surface area contributed by atoms with Crippen molar-refractivity contribution in [3.8, 4) is 22.8 Å². The lowest BCUT2D eigenvalue weighted by molar-refractivity contribution is -0.131. The number of nitrogens with one attached hydrogen (secondary N) is 1. The first kappa shape index (κ1) is 24.1. The monoisotopic (exact) mass is 581 g/mol. The van der Waals surface area contributed by atoms with E-state index in [1.165, 1.54) is 0 Å². The molecule has 0 unspecified atom stereocenters. The van der Waals surface area contributed by atoms with Crippen molar-refractivity contribution < 1.29 is 14.3 Å². The van der Waals surface area contributed by atoms with Gasteiger partial charge in [-0.25, -0.2) is 4.98 Å². The van der Waals surface area contributed by atoms with E-state index in [1.54, 1.807) is 10.7 Å². The molecule has 1 N–H and O–H groups in total. The summed E-state index contributed by atoms with van der Waals surface area (Å²) in [6.45, 7) is 2.51. The fourth-order valence-corrected chi connectivity index (χ4v) is 5.42. The molecule has 1 fully saturated rings. The van der Waals surface area contributed by atoms with E-state index in [0.717, 1.165) is 71.0 Å². The van der Waals surface area contributed by atoms with Crippen molar-refractivity contribution in [2.45, 2.75) is 19.3 Å². The lowest BCUT2D eigenvalue weighted by Crippen LogP contribution is -2.40. The minimum absolute atomic E-state index is 0.145. The Morgan fingerprint density at radius 2 is 1.92 bits per heavy atom. The Kier molecular flexibility index (Phi) is 6.65. The predicted octanol–water partition coefficient (Wildman–Crippen LogP) is 5.43. The number of carbonyl (C=O) groups excluding carboxylic acids is 1. The van der Waals surface area contributed by atoms with Crippen LogP contribution in [0.25, 0.3) is 16.9 Å². The highest BCUT2D eigenvalue weighted by Crippen LogP contribution is 2.33. The molecule has 0 saturated carbocycles. The molecule has 1 saturated heterocycles. The summed E-state index contributed by atoms with van der Waals surface area (Å²) in [5, 5.41) is 8.71. The summed E-state index contributed by atoms with van der Waals surface area (Å²) in [4.78, 5) is 19.6. The molecule has 0 atom stereocenters. The predicted molar refractivity (Wildman–Crippen MR) is 145 cm³/mol. The highest BCUT2D eigenvalue weighted by Gasteiger charge is 2.24. The Labute approximate surface area is 227 Å². The van der Waals surface area contributed by atoms with Gasteiger partial charge in [0.25, 0.3) is 0 Å². The average molecular weight is 583 g/mol. The number of piperidine rings is 1. The molecule has 6 rings (SSSR count). The molecule has 0 radical (unpaired) electrons. The molecule has 0 bridgehead atoms. The third-order valence-corrected chi connectivity index (χ3v) is 7.80. The zero-order valence-corrected chi connectivity index (χ0v) is 22.3. The van der Waals surface area contributed by atoms with E-state index in [-0.39, 0.29) is 12.7 Å². The molecule has 0 spiro atoms. The Morgan fingerprint density at radius 3 is 2.76 bits per heavy atom. The van der Waals surface area contributed by atoms with Crippen LogP contribution in [-0.2, 0) is 11.2 Å². The van der Waals surface area contributed by atoms with Crippen LogP contribution in [0.5, 0.6) is 11.5 Å². The molecule has 10 heteroatoms. The van der Waals surface area contributed by atoms with Gasteiger partial charge in [-0.15, -0.1) is 0 Å². The number of fused-ring (bicyclic) bond motifs is 2. The van der Waals surface area contributed by atoms with E-state index in [0.29, 0.717) is 23.1 Å². The molecule has 2 aliphatic rings. The van der Waals surface area contributed by atoms with E-state index < -0.39 is 0 Å². The lowest BCUT2D eigenvalue weighted by atomic mass is 9.96.